The molecule has 4 aromatic rings. The van der Waals surface area contributed by atoms with Crippen LogP contribution in [0.4, 0.5) is 33.0 Å². The molecule has 16 nitrogen and oxygen atoms in total. The summed E-state index contributed by atoms with van der Waals surface area (Å²) in [6.45, 7) is 1.92. The van der Waals surface area contributed by atoms with Gasteiger partial charge in [-0.1, -0.05) is 0 Å². The molecule has 0 unspecified atom stereocenters. The van der Waals surface area contributed by atoms with Gasteiger partial charge < -0.3 is 37.1 Å². The monoisotopic (exact) mass is 732 g/mol. The van der Waals surface area contributed by atoms with Crippen molar-refractivity contribution >= 4 is 75.5 Å². The van der Waals surface area contributed by atoms with E-state index in [-0.39, 0.29) is 0 Å². The fourth-order valence-corrected chi connectivity index (χ4v) is 4.76. The van der Waals surface area contributed by atoms with Gasteiger partial charge in [0.25, 0.3) is 0 Å². The lowest BCUT2D eigenvalue weighted by Gasteiger charge is -2.30. The minimum absolute atomic E-state index is 0.317. The minimum Gasteiger partial charge on any atom is -0.750 e. The zero-order chi connectivity index (χ0) is 35.5. The summed E-state index contributed by atoms with van der Waals surface area (Å²) < 4.78 is 71.4. The summed E-state index contributed by atoms with van der Waals surface area (Å²) in [5.41, 5.74) is 4.04. The molecule has 0 spiro atoms. The van der Waals surface area contributed by atoms with Crippen LogP contribution in [0.5, 0.6) is 0 Å². The summed E-state index contributed by atoms with van der Waals surface area (Å²) in [5, 5.41) is 23.1. The summed E-state index contributed by atoms with van der Waals surface area (Å²) in [4.78, 5) is 4.53. The van der Waals surface area contributed by atoms with Crippen molar-refractivity contribution in [1.29, 1.82) is 0 Å². The van der Waals surface area contributed by atoms with Gasteiger partial charge >= 0.3 is 10.3 Å². The van der Waals surface area contributed by atoms with Crippen molar-refractivity contribution in [3.8, 4) is 0 Å². The van der Waals surface area contributed by atoms with Gasteiger partial charge in [0.1, 0.15) is 23.8 Å². The van der Waals surface area contributed by atoms with E-state index in [4.69, 9.17) is 18.2 Å². The number of azo groups is 2. The Labute approximate surface area is 281 Å². The van der Waals surface area contributed by atoms with Gasteiger partial charge in [0.05, 0.1) is 24.3 Å². The molecule has 20 heteroatoms. The Hall–Kier alpha value is -3.44. The van der Waals surface area contributed by atoms with Gasteiger partial charge in [-0.2, -0.15) is 0 Å². The van der Waals surface area contributed by atoms with E-state index in [1.165, 1.54) is 11.4 Å². The van der Waals surface area contributed by atoms with Crippen LogP contribution in [-0.4, -0.2) is 75.4 Å². The van der Waals surface area contributed by atoms with Crippen molar-refractivity contribution < 1.29 is 44.9 Å². The molecule has 0 aliphatic carbocycles. The van der Waals surface area contributed by atoms with Crippen molar-refractivity contribution in [3.05, 3.63) is 71.7 Å². The number of anilines is 2. The molecule has 4 N–H and O–H groups in total. The average molecular weight is 733 g/mol. The van der Waals surface area contributed by atoms with Gasteiger partial charge in [-0.15, -0.1) is 0 Å². The van der Waals surface area contributed by atoms with Crippen LogP contribution in [0.1, 0.15) is 6.42 Å². The summed E-state index contributed by atoms with van der Waals surface area (Å²) in [6.07, 6.45) is 5.63. The number of thiazole rings is 2. The topological polar surface area (TPSA) is 225 Å². The smallest absolute Gasteiger partial charge is 0.408 e. The molecule has 2 aromatic heterocycles. The van der Waals surface area contributed by atoms with Crippen molar-refractivity contribution in [2.75, 3.05) is 49.5 Å². The van der Waals surface area contributed by atoms with Gasteiger partial charge in [0, 0.05) is 81.6 Å². The largest absolute Gasteiger partial charge is 0.750 e. The maximum atomic E-state index is 9.34. The second-order valence-corrected chi connectivity index (χ2v) is 16.8. The normalized spacial score (nSPS) is 13.4. The first-order valence-corrected chi connectivity index (χ1v) is 19.7. The lowest BCUT2D eigenvalue weighted by atomic mass is 10.2. The number of rotatable bonds is 10. The van der Waals surface area contributed by atoms with E-state index < -0.39 is 19.8 Å². The molecule has 0 aliphatic rings. The Morgan fingerprint density at radius 1 is 0.660 bits per heavy atom. The Balaban J connectivity index is 0.000000546. The highest BCUT2D eigenvalue weighted by Gasteiger charge is 2.09. The van der Waals surface area contributed by atoms with E-state index in [2.05, 4.69) is 68.6 Å². The molecule has 0 atom stereocenters. The third kappa shape index (κ3) is 19.1. The standard InChI is InChI=1S/C25H30N8S2.2CH6O4S/c1-30(22-10-6-20(7-11-22)26-28-24-32(3)16-18-34-24)14-5-15-31(2)23-12-8-21(9-13-23)27-29-25-33(4)17-19-35-25;2*1-6(2,3,4)5/h6-13,16-19H,5,14-15H2,1-4H3;2*1H3,(H3,2,3,4,5)/q+2;;/p-2. The molecule has 0 saturated carbocycles. The molecule has 0 amide bonds. The number of benzene rings is 2. The first kappa shape index (κ1) is 39.7. The average Bonchev–Trinajstić information content (AvgIpc) is 3.55. The maximum absolute atomic E-state index is 9.34. The maximum Gasteiger partial charge on any atom is 0.408 e. The van der Waals surface area contributed by atoms with Crippen molar-refractivity contribution in [2.45, 2.75) is 6.42 Å². The zero-order valence-corrected chi connectivity index (χ0v) is 29.9. The van der Waals surface area contributed by atoms with Gasteiger partial charge in [-0.3, -0.25) is 0 Å². The minimum atomic E-state index is -5.35. The first-order valence-electron chi connectivity index (χ1n) is 13.5. The fourth-order valence-electron chi connectivity index (χ4n) is 3.40. The van der Waals surface area contributed by atoms with Crippen molar-refractivity contribution in [1.82, 2.24) is 0 Å². The molecule has 0 fully saturated rings. The molecule has 0 radical (unpaired) electrons. The molecule has 2 aromatic carbocycles. The first-order chi connectivity index (χ1) is 21.5. The summed E-state index contributed by atoms with van der Waals surface area (Å²) >= 11 is 3.14. The SMILES string of the molecule is CN(CCCN(C)c1ccc(N=Nc2scc[n+]2C)cc1)c1ccc(N=Nc2scc[n+]2C)cc1.CS(=O)([O-])(O)O.CS(=O)([O-])(O)O. The quantitative estimate of drug-likeness (QED) is 0.122. The predicted octanol–water partition coefficient (Wildman–Crippen LogP) is 5.28. The highest BCUT2D eigenvalue weighted by Crippen LogP contribution is 2.24. The molecular formula is C27H40N8O8S4. The molecule has 0 saturated heterocycles. The summed E-state index contributed by atoms with van der Waals surface area (Å²) in [7, 11) is -2.52. The van der Waals surface area contributed by atoms with E-state index in [1.54, 1.807) is 22.7 Å². The molecule has 0 aliphatic heterocycles. The Bertz CT molecular complexity index is 1600. The second-order valence-electron chi connectivity index (χ2n) is 10.5. The van der Waals surface area contributed by atoms with E-state index in [0.717, 1.165) is 41.1 Å². The predicted molar refractivity (Wildman–Crippen MR) is 184 cm³/mol. The number of aromatic nitrogens is 2. The van der Waals surface area contributed by atoms with Gasteiger partial charge in [0.15, 0.2) is 0 Å². The van der Waals surface area contributed by atoms with Crippen LogP contribution < -0.4 is 18.9 Å². The van der Waals surface area contributed by atoms with Crippen LogP contribution in [-0.2, 0) is 33.9 Å². The van der Waals surface area contributed by atoms with Gasteiger partial charge in [0.2, 0.25) is 0 Å². The highest BCUT2D eigenvalue weighted by molar-refractivity contribution is 8.04. The molecule has 260 valence electrons. The van der Waals surface area contributed by atoms with Crippen LogP contribution in [0.25, 0.3) is 0 Å². The number of aryl methyl sites for hydroxylation is 2. The zero-order valence-electron chi connectivity index (χ0n) is 26.7. The van der Waals surface area contributed by atoms with E-state index in [1.807, 2.05) is 70.6 Å². The van der Waals surface area contributed by atoms with Crippen LogP contribution in [0.15, 0.2) is 92.1 Å². The van der Waals surface area contributed by atoms with Crippen LogP contribution in [0, 0.1) is 0 Å². The third-order valence-electron chi connectivity index (χ3n) is 5.59. The number of nitrogens with zero attached hydrogens (tertiary/aromatic N) is 8. The molecule has 47 heavy (non-hydrogen) atoms. The van der Waals surface area contributed by atoms with Crippen LogP contribution in [0.3, 0.4) is 0 Å². The van der Waals surface area contributed by atoms with Crippen molar-refractivity contribution in [2.24, 2.45) is 34.6 Å². The summed E-state index contributed by atoms with van der Waals surface area (Å²) in [5.74, 6) is 0. The van der Waals surface area contributed by atoms with Gasteiger partial charge in [-0.05, 0) is 87.9 Å². The number of hydrogen-bond acceptors (Lipinski definition) is 12. The highest BCUT2D eigenvalue weighted by atomic mass is 32.3. The van der Waals surface area contributed by atoms with Crippen molar-refractivity contribution in [3.63, 3.8) is 0 Å². The van der Waals surface area contributed by atoms with E-state index in [0.29, 0.717) is 12.5 Å². The third-order valence-corrected chi connectivity index (χ3v) is 7.27. The fraction of sp³-hybridized carbons (Fsp3) is 0.333. The van der Waals surface area contributed by atoms with Crippen LogP contribution in [0.2, 0.25) is 0 Å². The van der Waals surface area contributed by atoms with Gasteiger partial charge in [-0.25, -0.2) is 17.6 Å². The molecule has 4 rings (SSSR count). The van der Waals surface area contributed by atoms with E-state index >= 15 is 0 Å². The lowest BCUT2D eigenvalue weighted by molar-refractivity contribution is -0.654. The summed E-state index contributed by atoms with van der Waals surface area (Å²) in [6, 6.07) is 16.4. The number of hydrogen-bond donors (Lipinski definition) is 4. The molecule has 0 bridgehead atoms. The second kappa shape index (κ2) is 16.1. The molecule has 2 heterocycles. The van der Waals surface area contributed by atoms with E-state index in [9.17, 15) is 17.5 Å². The Kier molecular flexibility index (Phi) is 13.6. The Morgan fingerprint density at radius 2 is 0.957 bits per heavy atom. The lowest BCUT2D eigenvalue weighted by Crippen LogP contribution is -2.27. The Morgan fingerprint density at radius 3 is 1.21 bits per heavy atom. The molecular weight excluding hydrogens is 693 g/mol. The van der Waals surface area contributed by atoms with Crippen LogP contribution >= 0.6 is 22.7 Å².